The first-order chi connectivity index (χ1) is 10.2. The van der Waals surface area contributed by atoms with Crippen LogP contribution >= 0.6 is 11.8 Å². The lowest BCUT2D eigenvalue weighted by Gasteiger charge is -2.14. The van der Waals surface area contributed by atoms with Gasteiger partial charge in [-0.25, -0.2) is 0 Å². The van der Waals surface area contributed by atoms with Gasteiger partial charge in [0.25, 0.3) is 5.91 Å². The maximum atomic E-state index is 12.4. The van der Waals surface area contributed by atoms with Crippen LogP contribution in [0.15, 0.2) is 59.5 Å². The van der Waals surface area contributed by atoms with E-state index in [2.05, 4.69) is 31.3 Å². The van der Waals surface area contributed by atoms with E-state index in [0.29, 0.717) is 12.5 Å². The van der Waals surface area contributed by atoms with Crippen molar-refractivity contribution in [2.24, 2.45) is 0 Å². The number of amides is 1. The normalized spacial score (nSPS) is 11.9. The number of rotatable bonds is 6. The molecule has 0 saturated carbocycles. The highest BCUT2D eigenvalue weighted by atomic mass is 32.2. The average molecular weight is 299 g/mol. The summed E-state index contributed by atoms with van der Waals surface area (Å²) in [6.07, 6.45) is 0. The second kappa shape index (κ2) is 7.89. The topological polar surface area (TPSA) is 29.1 Å². The van der Waals surface area contributed by atoms with Crippen molar-refractivity contribution in [3.63, 3.8) is 0 Å². The minimum Gasteiger partial charge on any atom is -0.351 e. The summed E-state index contributed by atoms with van der Waals surface area (Å²) in [6.45, 7) is 4.87. The van der Waals surface area contributed by atoms with Crippen LogP contribution in [0.2, 0.25) is 0 Å². The van der Waals surface area contributed by atoms with Crippen molar-refractivity contribution in [1.29, 1.82) is 0 Å². The van der Waals surface area contributed by atoms with Gasteiger partial charge >= 0.3 is 0 Å². The van der Waals surface area contributed by atoms with Crippen LogP contribution in [0.3, 0.4) is 0 Å². The number of hydrogen-bond donors (Lipinski definition) is 1. The largest absolute Gasteiger partial charge is 0.351 e. The molecular weight excluding hydrogens is 278 g/mol. The molecule has 1 atom stereocenters. The monoisotopic (exact) mass is 299 g/mol. The highest BCUT2D eigenvalue weighted by molar-refractivity contribution is 7.99. The molecule has 0 radical (unpaired) electrons. The van der Waals surface area contributed by atoms with Crippen molar-refractivity contribution in [1.82, 2.24) is 5.32 Å². The zero-order valence-electron chi connectivity index (χ0n) is 12.5. The van der Waals surface area contributed by atoms with Gasteiger partial charge in [-0.3, -0.25) is 4.79 Å². The van der Waals surface area contributed by atoms with Crippen LogP contribution in [0, 0.1) is 0 Å². The van der Waals surface area contributed by atoms with Gasteiger partial charge in [0.2, 0.25) is 0 Å². The van der Waals surface area contributed by atoms with Gasteiger partial charge in [0.05, 0.1) is 5.56 Å². The number of nitrogens with one attached hydrogen (secondary N) is 1. The second-order valence-electron chi connectivity index (χ2n) is 4.95. The molecule has 2 rings (SSSR count). The summed E-state index contributed by atoms with van der Waals surface area (Å²) in [5.41, 5.74) is 2.01. The van der Waals surface area contributed by atoms with Gasteiger partial charge in [0, 0.05) is 11.4 Å². The molecule has 0 saturated heterocycles. The number of hydrogen-bond acceptors (Lipinski definition) is 2. The molecule has 0 fully saturated rings. The SMILES string of the molecule is CCSc1ccccc1C(=O)NC[C@H](C)c1ccccc1. The van der Waals surface area contributed by atoms with Gasteiger partial charge in [-0.1, -0.05) is 56.3 Å². The van der Waals surface area contributed by atoms with Crippen LogP contribution in [-0.2, 0) is 0 Å². The molecule has 1 N–H and O–H groups in total. The van der Waals surface area contributed by atoms with Crippen molar-refractivity contribution in [2.75, 3.05) is 12.3 Å². The third kappa shape index (κ3) is 4.36. The fraction of sp³-hybridized carbons (Fsp3) is 0.278. The smallest absolute Gasteiger partial charge is 0.252 e. The molecule has 0 spiro atoms. The summed E-state index contributed by atoms with van der Waals surface area (Å²) in [5, 5.41) is 3.04. The van der Waals surface area contributed by atoms with Crippen LogP contribution in [0.5, 0.6) is 0 Å². The number of carbonyl (C=O) groups excluding carboxylic acids is 1. The summed E-state index contributed by atoms with van der Waals surface area (Å²) in [5.74, 6) is 1.28. The summed E-state index contributed by atoms with van der Waals surface area (Å²) in [4.78, 5) is 13.4. The Hall–Kier alpha value is -1.74. The molecule has 0 heterocycles. The van der Waals surface area contributed by atoms with E-state index in [9.17, 15) is 4.79 Å². The lowest BCUT2D eigenvalue weighted by atomic mass is 10.0. The highest BCUT2D eigenvalue weighted by Crippen LogP contribution is 2.22. The van der Waals surface area contributed by atoms with E-state index >= 15 is 0 Å². The maximum Gasteiger partial charge on any atom is 0.252 e. The molecule has 0 aromatic heterocycles. The first-order valence-corrected chi connectivity index (χ1v) is 8.26. The first kappa shape index (κ1) is 15.6. The number of thioether (sulfide) groups is 1. The quantitative estimate of drug-likeness (QED) is 0.804. The average Bonchev–Trinajstić information content (AvgIpc) is 2.54. The van der Waals surface area contributed by atoms with Crippen LogP contribution in [0.1, 0.15) is 35.7 Å². The molecule has 0 unspecified atom stereocenters. The molecule has 110 valence electrons. The Bertz CT molecular complexity index is 583. The fourth-order valence-corrected chi connectivity index (χ4v) is 2.98. The number of benzene rings is 2. The molecule has 21 heavy (non-hydrogen) atoms. The molecule has 1 amide bonds. The third-order valence-corrected chi connectivity index (χ3v) is 4.32. The summed E-state index contributed by atoms with van der Waals surface area (Å²) in [6, 6.07) is 18.0. The van der Waals surface area contributed by atoms with E-state index in [0.717, 1.165) is 16.2 Å². The van der Waals surface area contributed by atoms with Crippen molar-refractivity contribution in [3.05, 3.63) is 65.7 Å². The summed E-state index contributed by atoms with van der Waals surface area (Å²) in [7, 11) is 0. The second-order valence-corrected chi connectivity index (χ2v) is 6.26. The van der Waals surface area contributed by atoms with Gasteiger partial charge in [0.1, 0.15) is 0 Å². The standard InChI is InChI=1S/C18H21NOS/c1-3-21-17-12-8-7-11-16(17)18(20)19-13-14(2)15-9-5-4-6-10-15/h4-12,14H,3,13H2,1-2H3,(H,19,20)/t14-/m0/s1. The predicted molar refractivity (Wildman–Crippen MR) is 90.0 cm³/mol. The number of carbonyl (C=O) groups is 1. The van der Waals surface area contributed by atoms with Gasteiger partial charge in [0.15, 0.2) is 0 Å². The fourth-order valence-electron chi connectivity index (χ4n) is 2.18. The van der Waals surface area contributed by atoms with Crippen molar-refractivity contribution in [2.45, 2.75) is 24.7 Å². The third-order valence-electron chi connectivity index (χ3n) is 3.37. The van der Waals surface area contributed by atoms with E-state index in [1.165, 1.54) is 5.56 Å². The van der Waals surface area contributed by atoms with Crippen LogP contribution in [0.25, 0.3) is 0 Å². The van der Waals surface area contributed by atoms with E-state index in [4.69, 9.17) is 0 Å². The van der Waals surface area contributed by atoms with Crippen LogP contribution in [0.4, 0.5) is 0 Å². The van der Waals surface area contributed by atoms with Gasteiger partial charge in [-0.05, 0) is 29.4 Å². The Balaban J connectivity index is 1.99. The lowest BCUT2D eigenvalue weighted by molar-refractivity contribution is 0.0948. The van der Waals surface area contributed by atoms with Crippen molar-refractivity contribution in [3.8, 4) is 0 Å². The molecule has 0 aliphatic carbocycles. The molecule has 0 aliphatic rings. The Morgan fingerprint density at radius 1 is 1.10 bits per heavy atom. The minimum absolute atomic E-state index is 0.00864. The van der Waals surface area contributed by atoms with E-state index < -0.39 is 0 Å². The molecule has 0 bridgehead atoms. The first-order valence-electron chi connectivity index (χ1n) is 7.27. The Morgan fingerprint density at radius 2 is 1.76 bits per heavy atom. The van der Waals surface area contributed by atoms with Gasteiger partial charge in [-0.15, -0.1) is 11.8 Å². The lowest BCUT2D eigenvalue weighted by Crippen LogP contribution is -2.27. The van der Waals surface area contributed by atoms with E-state index in [-0.39, 0.29) is 5.91 Å². The summed E-state index contributed by atoms with van der Waals surface area (Å²) >= 11 is 1.70. The molecule has 0 aliphatic heterocycles. The summed E-state index contributed by atoms with van der Waals surface area (Å²) < 4.78 is 0. The zero-order chi connectivity index (χ0) is 15.1. The molecule has 3 heteroatoms. The molecule has 2 nitrogen and oxygen atoms in total. The van der Waals surface area contributed by atoms with Crippen molar-refractivity contribution >= 4 is 17.7 Å². The van der Waals surface area contributed by atoms with Gasteiger partial charge in [-0.2, -0.15) is 0 Å². The van der Waals surface area contributed by atoms with Gasteiger partial charge < -0.3 is 5.32 Å². The molecular formula is C18H21NOS. The zero-order valence-corrected chi connectivity index (χ0v) is 13.3. The highest BCUT2D eigenvalue weighted by Gasteiger charge is 2.12. The van der Waals surface area contributed by atoms with Crippen molar-refractivity contribution < 1.29 is 4.79 Å². The minimum atomic E-state index is 0.00864. The van der Waals surface area contributed by atoms with Crippen LogP contribution in [-0.4, -0.2) is 18.2 Å². The predicted octanol–water partition coefficient (Wildman–Crippen LogP) is 4.33. The Kier molecular flexibility index (Phi) is 5.88. The molecule has 2 aromatic rings. The van der Waals surface area contributed by atoms with E-state index in [1.54, 1.807) is 11.8 Å². The Labute approximate surface area is 131 Å². The molecule has 2 aromatic carbocycles. The van der Waals surface area contributed by atoms with Crippen LogP contribution < -0.4 is 5.32 Å². The Morgan fingerprint density at radius 3 is 2.48 bits per heavy atom. The maximum absolute atomic E-state index is 12.4. The van der Waals surface area contributed by atoms with E-state index in [1.807, 2.05) is 42.5 Å².